The van der Waals surface area contributed by atoms with Crippen LogP contribution >= 0.6 is 0 Å². The molecule has 2 unspecified atom stereocenters. The summed E-state index contributed by atoms with van der Waals surface area (Å²) in [4.78, 5) is 2.15. The molecule has 0 aromatic heterocycles. The first-order valence-corrected chi connectivity index (χ1v) is 4.01. The smallest absolute Gasteiger partial charge is 0.0689 e. The average Bonchev–Trinajstić information content (AvgIpc) is 2.00. The van der Waals surface area contributed by atoms with E-state index in [-0.39, 0.29) is 12.1 Å². The zero-order chi connectivity index (χ0) is 8.15. The lowest BCUT2D eigenvalue weighted by atomic mass is 10.1. The Labute approximate surface area is 63.8 Å². The Morgan fingerprint density at radius 1 is 1.40 bits per heavy atom. The Kier molecular flexibility index (Phi) is 4.65. The second-order valence-corrected chi connectivity index (χ2v) is 2.79. The molecule has 0 aromatic rings. The largest absolute Gasteiger partial charge is 0.392 e. The Hall–Kier alpha value is -0.0800. The lowest BCUT2D eigenvalue weighted by Crippen LogP contribution is -2.38. The van der Waals surface area contributed by atoms with Gasteiger partial charge in [0, 0.05) is 6.04 Å². The van der Waals surface area contributed by atoms with Gasteiger partial charge in [0.1, 0.15) is 0 Å². The molecule has 0 bridgehead atoms. The van der Waals surface area contributed by atoms with Crippen LogP contribution in [-0.2, 0) is 0 Å². The van der Waals surface area contributed by atoms with Gasteiger partial charge in [-0.3, -0.25) is 0 Å². The zero-order valence-electron chi connectivity index (χ0n) is 7.46. The van der Waals surface area contributed by atoms with Crippen molar-refractivity contribution in [2.24, 2.45) is 0 Å². The molecule has 10 heavy (non-hydrogen) atoms. The molecular formula is C8H19NO. The van der Waals surface area contributed by atoms with E-state index in [1.807, 2.05) is 14.0 Å². The van der Waals surface area contributed by atoms with Gasteiger partial charge in [-0.15, -0.1) is 0 Å². The van der Waals surface area contributed by atoms with Crippen molar-refractivity contribution in [3.8, 4) is 0 Å². The van der Waals surface area contributed by atoms with Crippen molar-refractivity contribution >= 4 is 0 Å². The monoisotopic (exact) mass is 145 g/mol. The van der Waals surface area contributed by atoms with Crippen LogP contribution < -0.4 is 0 Å². The molecule has 0 saturated carbocycles. The first-order valence-electron chi connectivity index (χ1n) is 4.01. The summed E-state index contributed by atoms with van der Waals surface area (Å²) in [5.41, 5.74) is 0. The third-order valence-electron chi connectivity index (χ3n) is 2.17. The molecule has 0 aromatic carbocycles. The van der Waals surface area contributed by atoms with Crippen LogP contribution in [0.25, 0.3) is 0 Å². The standard InChI is InChI=1S/C8H19NO/c1-5-8(10)7(3)9(4)6-2/h7-8,10H,5-6H2,1-4H3. The van der Waals surface area contributed by atoms with Gasteiger partial charge in [-0.25, -0.2) is 0 Å². The molecule has 0 fully saturated rings. The molecule has 0 radical (unpaired) electrons. The number of aliphatic hydroxyl groups excluding tert-OH is 1. The van der Waals surface area contributed by atoms with Crippen molar-refractivity contribution in [3.63, 3.8) is 0 Å². The summed E-state index contributed by atoms with van der Waals surface area (Å²) >= 11 is 0. The molecule has 0 aliphatic rings. The molecule has 0 rings (SSSR count). The predicted molar refractivity (Wildman–Crippen MR) is 44.1 cm³/mol. The highest BCUT2D eigenvalue weighted by atomic mass is 16.3. The minimum atomic E-state index is -0.176. The Morgan fingerprint density at radius 3 is 2.20 bits per heavy atom. The summed E-state index contributed by atoms with van der Waals surface area (Å²) < 4.78 is 0. The number of aliphatic hydroxyl groups is 1. The Balaban J connectivity index is 3.69. The Morgan fingerprint density at radius 2 is 1.90 bits per heavy atom. The zero-order valence-corrected chi connectivity index (χ0v) is 7.46. The predicted octanol–water partition coefficient (Wildman–Crippen LogP) is 1.10. The van der Waals surface area contributed by atoms with Crippen LogP contribution in [-0.4, -0.2) is 35.7 Å². The minimum Gasteiger partial charge on any atom is -0.392 e. The first kappa shape index (κ1) is 9.92. The fraction of sp³-hybridized carbons (Fsp3) is 1.00. The number of hydrogen-bond donors (Lipinski definition) is 1. The lowest BCUT2D eigenvalue weighted by molar-refractivity contribution is 0.0728. The maximum absolute atomic E-state index is 9.39. The topological polar surface area (TPSA) is 23.5 Å². The van der Waals surface area contributed by atoms with Crippen LogP contribution in [0.15, 0.2) is 0 Å². The maximum atomic E-state index is 9.39. The fourth-order valence-corrected chi connectivity index (χ4v) is 0.923. The molecule has 2 heteroatoms. The molecule has 1 N–H and O–H groups in total. The highest BCUT2D eigenvalue weighted by Gasteiger charge is 2.14. The van der Waals surface area contributed by atoms with E-state index in [9.17, 15) is 5.11 Å². The van der Waals surface area contributed by atoms with Crippen LogP contribution in [0.3, 0.4) is 0 Å². The summed E-state index contributed by atoms with van der Waals surface area (Å²) in [6.45, 7) is 7.15. The van der Waals surface area contributed by atoms with Crippen LogP contribution in [0.4, 0.5) is 0 Å². The van der Waals surface area contributed by atoms with Crippen molar-refractivity contribution in [2.75, 3.05) is 13.6 Å². The van der Waals surface area contributed by atoms with Gasteiger partial charge >= 0.3 is 0 Å². The van der Waals surface area contributed by atoms with Gasteiger partial charge in [0.15, 0.2) is 0 Å². The van der Waals surface area contributed by atoms with Crippen molar-refractivity contribution < 1.29 is 5.11 Å². The summed E-state index contributed by atoms with van der Waals surface area (Å²) in [5, 5.41) is 9.39. The highest BCUT2D eigenvalue weighted by molar-refractivity contribution is 4.69. The molecule has 2 atom stereocenters. The SMILES string of the molecule is CCC(O)C(C)N(C)CC. The molecule has 0 aliphatic heterocycles. The maximum Gasteiger partial charge on any atom is 0.0689 e. The molecule has 0 spiro atoms. The minimum absolute atomic E-state index is 0.176. The second kappa shape index (κ2) is 4.69. The highest BCUT2D eigenvalue weighted by Crippen LogP contribution is 2.03. The quantitative estimate of drug-likeness (QED) is 0.640. The van der Waals surface area contributed by atoms with E-state index >= 15 is 0 Å². The molecule has 62 valence electrons. The van der Waals surface area contributed by atoms with Crippen LogP contribution in [0.2, 0.25) is 0 Å². The summed E-state index contributed by atoms with van der Waals surface area (Å²) in [6, 6.07) is 0.287. The van der Waals surface area contributed by atoms with Crippen LogP contribution in [0, 0.1) is 0 Å². The van der Waals surface area contributed by atoms with E-state index in [0.29, 0.717) is 0 Å². The number of hydrogen-bond acceptors (Lipinski definition) is 2. The Bertz CT molecular complexity index is 75.3. The van der Waals surface area contributed by atoms with Crippen molar-refractivity contribution in [3.05, 3.63) is 0 Å². The average molecular weight is 145 g/mol. The van der Waals surface area contributed by atoms with Gasteiger partial charge in [-0.2, -0.15) is 0 Å². The van der Waals surface area contributed by atoms with Gasteiger partial charge in [-0.05, 0) is 26.9 Å². The van der Waals surface area contributed by atoms with E-state index in [4.69, 9.17) is 0 Å². The summed E-state index contributed by atoms with van der Waals surface area (Å²) in [5.74, 6) is 0. The first-order chi connectivity index (χ1) is 4.63. The van der Waals surface area contributed by atoms with E-state index in [1.165, 1.54) is 0 Å². The van der Waals surface area contributed by atoms with Crippen molar-refractivity contribution in [1.29, 1.82) is 0 Å². The molecule has 0 aliphatic carbocycles. The van der Waals surface area contributed by atoms with Gasteiger partial charge in [0.2, 0.25) is 0 Å². The molecule has 0 amide bonds. The van der Waals surface area contributed by atoms with Gasteiger partial charge in [-0.1, -0.05) is 13.8 Å². The van der Waals surface area contributed by atoms with E-state index < -0.39 is 0 Å². The third kappa shape index (κ3) is 2.67. The number of rotatable bonds is 4. The van der Waals surface area contributed by atoms with E-state index in [1.54, 1.807) is 0 Å². The van der Waals surface area contributed by atoms with Crippen molar-refractivity contribution in [2.45, 2.75) is 39.3 Å². The molecule has 0 heterocycles. The van der Waals surface area contributed by atoms with Gasteiger partial charge in [0.05, 0.1) is 6.10 Å². The number of likely N-dealkylation sites (N-methyl/N-ethyl adjacent to an activating group) is 1. The van der Waals surface area contributed by atoms with E-state index in [0.717, 1.165) is 13.0 Å². The van der Waals surface area contributed by atoms with Crippen LogP contribution in [0.1, 0.15) is 27.2 Å². The van der Waals surface area contributed by atoms with Crippen molar-refractivity contribution in [1.82, 2.24) is 4.90 Å². The molecule has 2 nitrogen and oxygen atoms in total. The lowest BCUT2D eigenvalue weighted by Gasteiger charge is -2.26. The molecule has 0 saturated heterocycles. The number of nitrogens with zero attached hydrogens (tertiary/aromatic N) is 1. The second-order valence-electron chi connectivity index (χ2n) is 2.79. The summed E-state index contributed by atoms with van der Waals surface area (Å²) in [7, 11) is 2.03. The van der Waals surface area contributed by atoms with E-state index in [2.05, 4.69) is 18.7 Å². The molecular weight excluding hydrogens is 126 g/mol. The fourth-order valence-electron chi connectivity index (χ4n) is 0.923. The normalized spacial score (nSPS) is 17.4. The van der Waals surface area contributed by atoms with Gasteiger partial charge < -0.3 is 10.0 Å². The summed E-state index contributed by atoms with van der Waals surface area (Å²) in [6.07, 6.45) is 0.663. The third-order valence-corrected chi connectivity index (χ3v) is 2.17. The van der Waals surface area contributed by atoms with Gasteiger partial charge in [0.25, 0.3) is 0 Å². The van der Waals surface area contributed by atoms with Crippen LogP contribution in [0.5, 0.6) is 0 Å².